The highest BCUT2D eigenvalue weighted by molar-refractivity contribution is 5.83. The van der Waals surface area contributed by atoms with Gasteiger partial charge in [0.2, 0.25) is 0 Å². The molecule has 10 nitrogen and oxygen atoms in total. The van der Waals surface area contributed by atoms with E-state index < -0.39 is 4.92 Å². The molecule has 0 spiro atoms. The van der Waals surface area contributed by atoms with Gasteiger partial charge in [0.1, 0.15) is 30.4 Å². The highest BCUT2D eigenvalue weighted by Crippen LogP contribution is 2.41. The van der Waals surface area contributed by atoms with Gasteiger partial charge in [-0.15, -0.1) is 5.10 Å². The number of nitrogens with zero attached hydrogens (tertiary/aromatic N) is 4. The lowest BCUT2D eigenvalue weighted by Gasteiger charge is -2.19. The molecular formula is C25H22N4O6. The van der Waals surface area contributed by atoms with Crippen LogP contribution in [0.2, 0.25) is 0 Å². The highest BCUT2D eigenvalue weighted by atomic mass is 16.6. The van der Waals surface area contributed by atoms with Gasteiger partial charge in [-0.2, -0.15) is 0 Å². The number of rotatable bonds is 6. The number of ether oxygens (including phenoxy) is 2. The van der Waals surface area contributed by atoms with Crippen LogP contribution >= 0.6 is 0 Å². The molecule has 35 heavy (non-hydrogen) atoms. The summed E-state index contributed by atoms with van der Waals surface area (Å²) in [5.74, 6) is 1.11. The SMILES string of the molecule is CCc1cc(-c2nnn(Cc3ccc([N+](=O)[O-])cc3)c2-c2ccc3c(c2)OCCO3)c(O)cc1O. The van der Waals surface area contributed by atoms with Crippen LogP contribution in [0.5, 0.6) is 23.0 Å². The number of nitro benzene ring substituents is 1. The lowest BCUT2D eigenvalue weighted by molar-refractivity contribution is -0.384. The van der Waals surface area contributed by atoms with Gasteiger partial charge in [-0.3, -0.25) is 10.1 Å². The van der Waals surface area contributed by atoms with Crippen LogP contribution in [0.25, 0.3) is 22.5 Å². The number of phenols is 2. The summed E-state index contributed by atoms with van der Waals surface area (Å²) in [4.78, 5) is 10.6. The summed E-state index contributed by atoms with van der Waals surface area (Å²) in [5.41, 5.74) is 3.66. The maximum Gasteiger partial charge on any atom is 0.269 e. The molecule has 1 aliphatic heterocycles. The van der Waals surface area contributed by atoms with Crippen LogP contribution < -0.4 is 9.47 Å². The first kappa shape index (κ1) is 22.2. The topological polar surface area (TPSA) is 133 Å². The molecule has 178 valence electrons. The fourth-order valence-corrected chi connectivity index (χ4v) is 4.07. The van der Waals surface area contributed by atoms with Gasteiger partial charge in [0, 0.05) is 29.3 Å². The van der Waals surface area contributed by atoms with Crippen LogP contribution in [0, 0.1) is 10.1 Å². The molecule has 10 heteroatoms. The smallest absolute Gasteiger partial charge is 0.269 e. The molecule has 1 aliphatic rings. The molecule has 3 aromatic carbocycles. The van der Waals surface area contributed by atoms with Gasteiger partial charge in [0.05, 0.1) is 17.2 Å². The predicted octanol–water partition coefficient (Wildman–Crippen LogP) is 4.31. The normalized spacial score (nSPS) is 12.5. The first-order valence-electron chi connectivity index (χ1n) is 11.1. The summed E-state index contributed by atoms with van der Waals surface area (Å²) in [6.07, 6.45) is 0.565. The van der Waals surface area contributed by atoms with Crippen LogP contribution in [-0.4, -0.2) is 43.3 Å². The minimum absolute atomic E-state index is 0.00111. The molecule has 0 bridgehead atoms. The maximum atomic E-state index is 11.0. The summed E-state index contributed by atoms with van der Waals surface area (Å²) in [6.45, 7) is 3.10. The average Bonchev–Trinajstić information content (AvgIpc) is 3.27. The van der Waals surface area contributed by atoms with Crippen LogP contribution in [0.1, 0.15) is 18.1 Å². The van der Waals surface area contributed by atoms with E-state index in [1.165, 1.54) is 18.2 Å². The zero-order valence-corrected chi connectivity index (χ0v) is 18.8. The number of fused-ring (bicyclic) bond motifs is 1. The van der Waals surface area contributed by atoms with Gasteiger partial charge in [-0.05, 0) is 41.8 Å². The van der Waals surface area contributed by atoms with Gasteiger partial charge >= 0.3 is 0 Å². The molecule has 0 fully saturated rings. The van der Waals surface area contributed by atoms with E-state index >= 15 is 0 Å². The number of aromatic nitrogens is 3. The van der Waals surface area contributed by atoms with Crippen LogP contribution in [-0.2, 0) is 13.0 Å². The third kappa shape index (κ3) is 4.21. The minimum atomic E-state index is -0.448. The Kier molecular flexibility index (Phi) is 5.69. The Hall–Kier alpha value is -4.60. The Morgan fingerprint density at radius 3 is 2.46 bits per heavy atom. The van der Waals surface area contributed by atoms with E-state index in [1.54, 1.807) is 22.9 Å². The number of hydrogen-bond acceptors (Lipinski definition) is 8. The van der Waals surface area contributed by atoms with Crippen molar-refractivity contribution in [3.63, 3.8) is 0 Å². The highest BCUT2D eigenvalue weighted by Gasteiger charge is 2.23. The molecule has 2 N–H and O–H groups in total. The van der Waals surface area contributed by atoms with Crippen LogP contribution in [0.4, 0.5) is 5.69 Å². The van der Waals surface area contributed by atoms with Crippen molar-refractivity contribution in [1.82, 2.24) is 15.0 Å². The van der Waals surface area contributed by atoms with Crippen molar-refractivity contribution in [1.29, 1.82) is 0 Å². The second-order valence-electron chi connectivity index (χ2n) is 8.08. The van der Waals surface area contributed by atoms with E-state index in [-0.39, 0.29) is 23.7 Å². The second-order valence-corrected chi connectivity index (χ2v) is 8.08. The van der Waals surface area contributed by atoms with E-state index in [0.717, 1.165) is 11.1 Å². The molecule has 0 atom stereocenters. The molecule has 0 saturated heterocycles. The van der Waals surface area contributed by atoms with Crippen LogP contribution in [0.15, 0.2) is 54.6 Å². The maximum absolute atomic E-state index is 11.0. The number of non-ortho nitro benzene ring substituents is 1. The monoisotopic (exact) mass is 474 g/mol. The Balaban J connectivity index is 1.64. The van der Waals surface area contributed by atoms with Gasteiger partial charge in [0.25, 0.3) is 5.69 Å². The van der Waals surface area contributed by atoms with E-state index in [0.29, 0.717) is 53.6 Å². The molecule has 4 aromatic rings. The van der Waals surface area contributed by atoms with Crippen molar-refractivity contribution in [3.8, 4) is 45.5 Å². The van der Waals surface area contributed by atoms with Crippen molar-refractivity contribution < 1.29 is 24.6 Å². The molecular weight excluding hydrogens is 452 g/mol. The number of benzene rings is 3. The Bertz CT molecular complexity index is 1410. The average molecular weight is 474 g/mol. The van der Waals surface area contributed by atoms with E-state index in [2.05, 4.69) is 10.3 Å². The Morgan fingerprint density at radius 1 is 1.00 bits per heavy atom. The number of hydrogen-bond donors (Lipinski definition) is 2. The third-order valence-electron chi connectivity index (χ3n) is 5.86. The Labute approximate surface area is 200 Å². The van der Waals surface area contributed by atoms with Gasteiger partial charge in [-0.25, -0.2) is 4.68 Å². The molecule has 0 aliphatic carbocycles. The first-order valence-corrected chi connectivity index (χ1v) is 11.1. The molecule has 0 saturated carbocycles. The largest absolute Gasteiger partial charge is 0.508 e. The van der Waals surface area contributed by atoms with Crippen molar-refractivity contribution in [2.75, 3.05) is 13.2 Å². The van der Waals surface area contributed by atoms with Crippen molar-refractivity contribution in [2.24, 2.45) is 0 Å². The molecule has 0 radical (unpaired) electrons. The summed E-state index contributed by atoms with van der Waals surface area (Å²) >= 11 is 0. The van der Waals surface area contributed by atoms with Gasteiger partial charge in [0.15, 0.2) is 11.5 Å². The van der Waals surface area contributed by atoms with E-state index in [1.807, 2.05) is 25.1 Å². The van der Waals surface area contributed by atoms with Gasteiger partial charge in [-0.1, -0.05) is 24.3 Å². The molecule has 5 rings (SSSR count). The van der Waals surface area contributed by atoms with E-state index in [4.69, 9.17) is 9.47 Å². The van der Waals surface area contributed by atoms with Crippen LogP contribution in [0.3, 0.4) is 0 Å². The Morgan fingerprint density at radius 2 is 1.74 bits per heavy atom. The van der Waals surface area contributed by atoms with Crippen molar-refractivity contribution >= 4 is 5.69 Å². The molecule has 2 heterocycles. The summed E-state index contributed by atoms with van der Waals surface area (Å²) in [5, 5.41) is 40.6. The number of aromatic hydroxyl groups is 2. The van der Waals surface area contributed by atoms with Gasteiger partial charge < -0.3 is 19.7 Å². The summed E-state index contributed by atoms with van der Waals surface area (Å²) in [7, 11) is 0. The fourth-order valence-electron chi connectivity index (χ4n) is 4.07. The molecule has 0 amide bonds. The predicted molar refractivity (Wildman–Crippen MR) is 127 cm³/mol. The lowest BCUT2D eigenvalue weighted by Crippen LogP contribution is -2.15. The van der Waals surface area contributed by atoms with Crippen molar-refractivity contribution in [2.45, 2.75) is 19.9 Å². The zero-order chi connectivity index (χ0) is 24.5. The fraction of sp³-hybridized carbons (Fsp3) is 0.200. The third-order valence-corrected chi connectivity index (χ3v) is 5.86. The number of phenolic OH excluding ortho intramolecular Hbond substituents is 2. The molecule has 1 aromatic heterocycles. The second kappa shape index (κ2) is 8.98. The first-order chi connectivity index (χ1) is 16.9. The van der Waals surface area contributed by atoms with Crippen molar-refractivity contribution in [3.05, 3.63) is 75.8 Å². The molecule has 0 unspecified atom stereocenters. The lowest BCUT2D eigenvalue weighted by atomic mass is 9.99. The number of aryl methyl sites for hydroxylation is 1. The quantitative estimate of drug-likeness (QED) is 0.312. The standard InChI is InChI=1S/C25H22N4O6/c1-2-16-11-19(21(31)13-20(16)30)24-25(17-5-8-22-23(12-17)35-10-9-34-22)28(27-26-24)14-15-3-6-18(7-4-15)29(32)33/h3-8,11-13,30-31H,2,9-10,14H2,1H3. The number of nitro groups is 1. The minimum Gasteiger partial charge on any atom is -0.508 e. The summed E-state index contributed by atoms with van der Waals surface area (Å²) < 4.78 is 13.1. The van der Waals surface area contributed by atoms with E-state index in [9.17, 15) is 20.3 Å². The zero-order valence-electron chi connectivity index (χ0n) is 18.8. The summed E-state index contributed by atoms with van der Waals surface area (Å²) in [6, 6.07) is 14.7.